The Labute approximate surface area is 128 Å². The Balaban J connectivity index is 2.16. The third kappa shape index (κ3) is 3.54. The van der Waals surface area contributed by atoms with E-state index in [4.69, 9.17) is 0 Å². The molecule has 0 atom stereocenters. The van der Waals surface area contributed by atoms with E-state index in [-0.39, 0.29) is 11.6 Å². The van der Waals surface area contributed by atoms with Crippen molar-refractivity contribution in [3.05, 3.63) is 33.9 Å². The molecule has 0 radical (unpaired) electrons. The van der Waals surface area contributed by atoms with E-state index in [2.05, 4.69) is 5.32 Å². The highest BCUT2D eigenvalue weighted by Gasteiger charge is 2.24. The van der Waals surface area contributed by atoms with Gasteiger partial charge in [-0.1, -0.05) is 0 Å². The normalized spacial score (nSPS) is 16.0. The van der Waals surface area contributed by atoms with Crippen molar-refractivity contribution in [3.63, 3.8) is 0 Å². The van der Waals surface area contributed by atoms with Gasteiger partial charge < -0.3 is 10.2 Å². The number of nitro groups is 1. The van der Waals surface area contributed by atoms with Gasteiger partial charge in [0.25, 0.3) is 11.6 Å². The first-order valence-electron chi connectivity index (χ1n) is 6.85. The van der Waals surface area contributed by atoms with Crippen molar-refractivity contribution in [3.8, 4) is 0 Å². The summed E-state index contributed by atoms with van der Waals surface area (Å²) in [6.45, 7) is 1.37. The first-order valence-corrected chi connectivity index (χ1v) is 8.08. The Bertz CT molecular complexity index is 542. The largest absolute Gasteiger partial charge is 0.339 e. The van der Waals surface area contributed by atoms with Crippen molar-refractivity contribution in [2.45, 2.75) is 23.8 Å². The molecule has 0 bridgehead atoms. The number of nitro benzene ring substituents is 1. The van der Waals surface area contributed by atoms with Crippen LogP contribution in [0.25, 0.3) is 0 Å². The molecule has 0 spiro atoms. The van der Waals surface area contributed by atoms with Crippen molar-refractivity contribution in [2.24, 2.45) is 0 Å². The fourth-order valence-electron chi connectivity index (χ4n) is 2.52. The van der Waals surface area contributed by atoms with Crippen molar-refractivity contribution < 1.29 is 9.72 Å². The van der Waals surface area contributed by atoms with Crippen LogP contribution in [0.2, 0.25) is 0 Å². The lowest BCUT2D eigenvalue weighted by Crippen LogP contribution is -2.43. The van der Waals surface area contributed by atoms with Gasteiger partial charge in [-0.2, -0.15) is 0 Å². The van der Waals surface area contributed by atoms with Crippen LogP contribution in [-0.4, -0.2) is 48.2 Å². The standard InChI is InChI=1S/C14H19N3O3S/c1-15-11-5-7-16(8-6-11)14(18)10-3-4-13(21-2)12(9-10)17(19)20/h3-4,9,11,15H,5-8H2,1-2H3. The quantitative estimate of drug-likeness (QED) is 0.524. The van der Waals surface area contributed by atoms with Gasteiger partial charge in [0.05, 0.1) is 9.82 Å². The maximum atomic E-state index is 12.4. The van der Waals surface area contributed by atoms with Crippen LogP contribution in [0, 0.1) is 10.1 Å². The summed E-state index contributed by atoms with van der Waals surface area (Å²) < 4.78 is 0. The Kier molecular flexibility index (Phi) is 5.19. The highest BCUT2D eigenvalue weighted by Crippen LogP contribution is 2.29. The van der Waals surface area contributed by atoms with E-state index < -0.39 is 4.92 Å². The molecule has 1 aromatic carbocycles. The molecule has 1 aromatic rings. The van der Waals surface area contributed by atoms with E-state index in [0.717, 1.165) is 12.8 Å². The van der Waals surface area contributed by atoms with E-state index in [1.165, 1.54) is 17.8 Å². The molecule has 0 saturated carbocycles. The molecular weight excluding hydrogens is 290 g/mol. The van der Waals surface area contributed by atoms with Crippen molar-refractivity contribution in [1.29, 1.82) is 0 Å². The van der Waals surface area contributed by atoms with Crippen molar-refractivity contribution >= 4 is 23.4 Å². The van der Waals surface area contributed by atoms with Crippen LogP contribution in [0.3, 0.4) is 0 Å². The molecule has 1 aliphatic rings. The second kappa shape index (κ2) is 6.91. The average molecular weight is 309 g/mol. The number of nitrogens with zero attached hydrogens (tertiary/aromatic N) is 2. The molecular formula is C14H19N3O3S. The number of amides is 1. The number of carbonyl (C=O) groups is 1. The van der Waals surface area contributed by atoms with Gasteiger partial charge in [0.1, 0.15) is 0 Å². The van der Waals surface area contributed by atoms with Crippen molar-refractivity contribution in [1.82, 2.24) is 10.2 Å². The zero-order chi connectivity index (χ0) is 15.4. The van der Waals surface area contributed by atoms with Gasteiger partial charge >= 0.3 is 0 Å². The number of hydrogen-bond donors (Lipinski definition) is 1. The van der Waals surface area contributed by atoms with Crippen LogP contribution in [0.1, 0.15) is 23.2 Å². The van der Waals surface area contributed by atoms with E-state index in [1.54, 1.807) is 23.3 Å². The molecule has 1 aliphatic heterocycles. The van der Waals surface area contributed by atoms with Crippen LogP contribution in [0.5, 0.6) is 0 Å². The van der Waals surface area contributed by atoms with Gasteiger partial charge in [-0.3, -0.25) is 14.9 Å². The molecule has 1 amide bonds. The molecule has 1 fully saturated rings. The number of piperidine rings is 1. The highest BCUT2D eigenvalue weighted by atomic mass is 32.2. The Hall–Kier alpha value is -1.60. The molecule has 1 heterocycles. The van der Waals surface area contributed by atoms with Gasteiger partial charge in [0, 0.05) is 30.8 Å². The van der Waals surface area contributed by atoms with Gasteiger partial charge in [0.2, 0.25) is 0 Å². The summed E-state index contributed by atoms with van der Waals surface area (Å²) in [7, 11) is 1.92. The average Bonchev–Trinajstić information content (AvgIpc) is 2.53. The third-order valence-electron chi connectivity index (χ3n) is 3.81. The fourth-order valence-corrected chi connectivity index (χ4v) is 3.07. The number of likely N-dealkylation sites (tertiary alicyclic amines) is 1. The van der Waals surface area contributed by atoms with E-state index in [0.29, 0.717) is 29.6 Å². The van der Waals surface area contributed by atoms with Crippen LogP contribution in [0.15, 0.2) is 23.1 Å². The topological polar surface area (TPSA) is 75.5 Å². The maximum absolute atomic E-state index is 12.4. The molecule has 0 aliphatic carbocycles. The number of benzene rings is 1. The zero-order valence-corrected chi connectivity index (χ0v) is 13.0. The summed E-state index contributed by atoms with van der Waals surface area (Å²) in [5.41, 5.74) is 0.390. The van der Waals surface area contributed by atoms with Crippen LogP contribution >= 0.6 is 11.8 Å². The summed E-state index contributed by atoms with van der Waals surface area (Å²) >= 11 is 1.31. The molecule has 21 heavy (non-hydrogen) atoms. The summed E-state index contributed by atoms with van der Waals surface area (Å²) in [5.74, 6) is -0.125. The number of carbonyl (C=O) groups excluding carboxylic acids is 1. The Morgan fingerprint density at radius 2 is 2.10 bits per heavy atom. The van der Waals surface area contributed by atoms with Crippen LogP contribution < -0.4 is 5.32 Å². The van der Waals surface area contributed by atoms with Gasteiger partial charge in [-0.15, -0.1) is 11.8 Å². The first kappa shape index (κ1) is 15.8. The number of rotatable bonds is 4. The van der Waals surface area contributed by atoms with E-state index in [9.17, 15) is 14.9 Å². The molecule has 1 N–H and O–H groups in total. The van der Waals surface area contributed by atoms with Crippen LogP contribution in [-0.2, 0) is 0 Å². The molecule has 0 aromatic heterocycles. The van der Waals surface area contributed by atoms with Crippen LogP contribution in [0.4, 0.5) is 5.69 Å². The number of nitrogens with one attached hydrogen (secondary N) is 1. The molecule has 1 saturated heterocycles. The summed E-state index contributed by atoms with van der Waals surface area (Å²) in [6.07, 6.45) is 3.60. The lowest BCUT2D eigenvalue weighted by molar-refractivity contribution is -0.387. The lowest BCUT2D eigenvalue weighted by atomic mass is 10.0. The lowest BCUT2D eigenvalue weighted by Gasteiger charge is -2.31. The summed E-state index contributed by atoms with van der Waals surface area (Å²) in [4.78, 5) is 25.4. The SMILES string of the molecule is CNC1CCN(C(=O)c2ccc(SC)c([N+](=O)[O-])c2)CC1. The Morgan fingerprint density at radius 3 is 2.62 bits per heavy atom. The predicted molar refractivity (Wildman–Crippen MR) is 82.9 cm³/mol. The second-order valence-corrected chi connectivity index (χ2v) is 5.85. The monoisotopic (exact) mass is 309 g/mol. The molecule has 7 heteroatoms. The minimum atomic E-state index is -0.435. The second-order valence-electron chi connectivity index (χ2n) is 5.00. The molecule has 6 nitrogen and oxygen atoms in total. The minimum Gasteiger partial charge on any atom is -0.339 e. The summed E-state index contributed by atoms with van der Waals surface area (Å²) in [5, 5.41) is 14.3. The molecule has 0 unspecified atom stereocenters. The van der Waals surface area contributed by atoms with E-state index >= 15 is 0 Å². The van der Waals surface area contributed by atoms with Gasteiger partial charge in [-0.05, 0) is 38.3 Å². The predicted octanol–water partition coefficient (Wildman–Crippen LogP) is 2.14. The fraction of sp³-hybridized carbons (Fsp3) is 0.500. The highest BCUT2D eigenvalue weighted by molar-refractivity contribution is 7.98. The number of hydrogen-bond acceptors (Lipinski definition) is 5. The molecule has 114 valence electrons. The summed E-state index contributed by atoms with van der Waals surface area (Å²) in [6, 6.07) is 5.15. The van der Waals surface area contributed by atoms with Gasteiger partial charge in [0.15, 0.2) is 0 Å². The Morgan fingerprint density at radius 1 is 1.43 bits per heavy atom. The number of thioether (sulfide) groups is 1. The van der Waals surface area contributed by atoms with E-state index in [1.807, 2.05) is 7.05 Å². The smallest absolute Gasteiger partial charge is 0.283 e. The maximum Gasteiger partial charge on any atom is 0.283 e. The third-order valence-corrected chi connectivity index (χ3v) is 4.60. The zero-order valence-electron chi connectivity index (χ0n) is 12.2. The van der Waals surface area contributed by atoms with Crippen molar-refractivity contribution in [2.75, 3.05) is 26.4 Å². The molecule has 2 rings (SSSR count). The van der Waals surface area contributed by atoms with Gasteiger partial charge in [-0.25, -0.2) is 0 Å². The first-order chi connectivity index (χ1) is 10.1. The minimum absolute atomic E-state index is 0.00143.